The molecule has 1 aromatic heterocycles. The zero-order valence-corrected chi connectivity index (χ0v) is 11.7. The molecule has 1 saturated heterocycles. The van der Waals surface area contributed by atoms with Gasteiger partial charge in [-0.05, 0) is 25.7 Å². The lowest BCUT2D eigenvalue weighted by molar-refractivity contribution is 0.0949. The maximum atomic E-state index is 12.8. The van der Waals surface area contributed by atoms with Crippen molar-refractivity contribution in [2.45, 2.75) is 57.2 Å². The molecule has 5 heteroatoms. The molecule has 0 bridgehead atoms. The molecule has 1 aromatic rings. The number of ether oxygens (including phenoxy) is 1. The van der Waals surface area contributed by atoms with Crippen molar-refractivity contribution in [1.29, 1.82) is 0 Å². The largest absolute Gasteiger partial charge is 0.376 e. The van der Waals surface area contributed by atoms with Gasteiger partial charge in [-0.2, -0.15) is 0 Å². The van der Waals surface area contributed by atoms with Crippen LogP contribution in [0.1, 0.15) is 48.7 Å². The molecule has 3 heterocycles. The van der Waals surface area contributed by atoms with Gasteiger partial charge in [0, 0.05) is 32.0 Å². The van der Waals surface area contributed by atoms with E-state index >= 15 is 0 Å². The van der Waals surface area contributed by atoms with E-state index in [1.807, 2.05) is 4.57 Å². The molecule has 20 heavy (non-hydrogen) atoms. The minimum absolute atomic E-state index is 0.166. The van der Waals surface area contributed by atoms with Crippen molar-refractivity contribution in [2.24, 2.45) is 0 Å². The summed E-state index contributed by atoms with van der Waals surface area (Å²) in [4.78, 5) is 17.6. The Hall–Kier alpha value is -1.20. The van der Waals surface area contributed by atoms with Crippen molar-refractivity contribution in [3.63, 3.8) is 0 Å². The highest BCUT2D eigenvalue weighted by Gasteiger charge is 2.32. The van der Waals surface area contributed by atoms with Crippen molar-refractivity contribution >= 4 is 0 Å². The highest BCUT2D eigenvalue weighted by Crippen LogP contribution is 2.39. The second-order valence-corrected chi connectivity index (χ2v) is 6.15. The third-order valence-electron chi connectivity index (χ3n) is 4.57. The SMILES string of the molecule is O=c1c2c(nc(C3CC3)n1C[C@H]1CCCO1)CCNC2. The second kappa shape index (κ2) is 4.97. The molecule has 2 fully saturated rings. The van der Waals surface area contributed by atoms with Gasteiger partial charge in [-0.25, -0.2) is 4.98 Å². The van der Waals surface area contributed by atoms with Crippen LogP contribution in [-0.2, 0) is 24.2 Å². The Morgan fingerprint density at radius 3 is 3.00 bits per heavy atom. The first-order chi connectivity index (χ1) is 9.83. The normalized spacial score (nSPS) is 25.7. The summed E-state index contributed by atoms with van der Waals surface area (Å²) in [5.74, 6) is 1.52. The van der Waals surface area contributed by atoms with Crippen molar-refractivity contribution in [3.05, 3.63) is 27.4 Å². The topological polar surface area (TPSA) is 56.2 Å². The molecule has 5 nitrogen and oxygen atoms in total. The summed E-state index contributed by atoms with van der Waals surface area (Å²) in [6.45, 7) is 3.11. The third-order valence-corrected chi connectivity index (χ3v) is 4.57. The molecular weight excluding hydrogens is 254 g/mol. The number of fused-ring (bicyclic) bond motifs is 1. The molecule has 1 atom stereocenters. The third kappa shape index (κ3) is 2.19. The van der Waals surface area contributed by atoms with Gasteiger partial charge in [-0.3, -0.25) is 9.36 Å². The molecule has 0 unspecified atom stereocenters. The molecule has 1 aliphatic carbocycles. The van der Waals surface area contributed by atoms with Gasteiger partial charge in [0.15, 0.2) is 0 Å². The van der Waals surface area contributed by atoms with E-state index in [9.17, 15) is 4.79 Å². The van der Waals surface area contributed by atoms with Gasteiger partial charge < -0.3 is 10.1 Å². The fraction of sp³-hybridized carbons (Fsp3) is 0.733. The van der Waals surface area contributed by atoms with Crippen molar-refractivity contribution < 1.29 is 4.74 Å². The van der Waals surface area contributed by atoms with E-state index in [0.717, 1.165) is 49.5 Å². The first-order valence-electron chi connectivity index (χ1n) is 7.78. The maximum absolute atomic E-state index is 12.8. The van der Waals surface area contributed by atoms with E-state index < -0.39 is 0 Å². The summed E-state index contributed by atoms with van der Waals surface area (Å²) in [6, 6.07) is 0. The fourth-order valence-corrected chi connectivity index (χ4v) is 3.28. The summed E-state index contributed by atoms with van der Waals surface area (Å²) in [7, 11) is 0. The van der Waals surface area contributed by atoms with Gasteiger partial charge in [-0.1, -0.05) is 0 Å². The smallest absolute Gasteiger partial charge is 0.258 e. The van der Waals surface area contributed by atoms with Crippen LogP contribution in [0.2, 0.25) is 0 Å². The van der Waals surface area contributed by atoms with Crippen LogP contribution >= 0.6 is 0 Å². The molecular formula is C15H21N3O2. The van der Waals surface area contributed by atoms with Crippen LogP contribution in [0.4, 0.5) is 0 Å². The Morgan fingerprint density at radius 2 is 2.25 bits per heavy atom. The van der Waals surface area contributed by atoms with Crippen molar-refractivity contribution in [1.82, 2.24) is 14.9 Å². The zero-order chi connectivity index (χ0) is 13.5. The van der Waals surface area contributed by atoms with Crippen LogP contribution in [0.5, 0.6) is 0 Å². The Morgan fingerprint density at radius 1 is 1.35 bits per heavy atom. The maximum Gasteiger partial charge on any atom is 0.258 e. The van der Waals surface area contributed by atoms with Gasteiger partial charge in [0.2, 0.25) is 0 Å². The van der Waals surface area contributed by atoms with Gasteiger partial charge in [0.05, 0.1) is 23.9 Å². The van der Waals surface area contributed by atoms with Crippen LogP contribution in [0.15, 0.2) is 4.79 Å². The highest BCUT2D eigenvalue weighted by atomic mass is 16.5. The lowest BCUT2D eigenvalue weighted by Gasteiger charge is -2.22. The zero-order valence-electron chi connectivity index (χ0n) is 11.7. The molecule has 1 N–H and O–H groups in total. The summed E-state index contributed by atoms with van der Waals surface area (Å²) >= 11 is 0. The van der Waals surface area contributed by atoms with Crippen LogP contribution in [0.3, 0.4) is 0 Å². The van der Waals surface area contributed by atoms with Gasteiger partial charge in [-0.15, -0.1) is 0 Å². The Kier molecular flexibility index (Phi) is 3.11. The average molecular weight is 275 g/mol. The summed E-state index contributed by atoms with van der Waals surface area (Å²) in [5, 5.41) is 3.28. The first kappa shape index (κ1) is 12.5. The summed E-state index contributed by atoms with van der Waals surface area (Å²) in [5.41, 5.74) is 2.07. The number of hydrogen-bond donors (Lipinski definition) is 1. The van der Waals surface area contributed by atoms with Crippen molar-refractivity contribution in [3.8, 4) is 0 Å². The standard InChI is InChI=1S/C15H21N3O2/c19-15-12-8-16-6-5-13(12)17-14(10-3-4-10)18(15)9-11-2-1-7-20-11/h10-11,16H,1-9H2/t11-/m1/s1. The molecule has 3 aliphatic rings. The van der Waals surface area contributed by atoms with Crippen LogP contribution in [0.25, 0.3) is 0 Å². The number of hydrogen-bond acceptors (Lipinski definition) is 4. The van der Waals surface area contributed by atoms with Gasteiger partial charge in [0.1, 0.15) is 5.82 Å². The van der Waals surface area contributed by atoms with Gasteiger partial charge in [0.25, 0.3) is 5.56 Å². The van der Waals surface area contributed by atoms with E-state index in [2.05, 4.69) is 5.32 Å². The fourth-order valence-electron chi connectivity index (χ4n) is 3.28. The molecule has 1 saturated carbocycles. The minimum atomic E-state index is 0.166. The van der Waals surface area contributed by atoms with E-state index in [-0.39, 0.29) is 11.7 Å². The predicted octanol–water partition coefficient (Wildman–Crippen LogP) is 0.945. The number of nitrogens with one attached hydrogen (secondary N) is 1. The summed E-state index contributed by atoms with van der Waals surface area (Å²) < 4.78 is 7.62. The first-order valence-corrected chi connectivity index (χ1v) is 7.78. The van der Waals surface area contributed by atoms with Crippen LogP contribution in [0, 0.1) is 0 Å². The molecule has 108 valence electrons. The molecule has 4 rings (SSSR count). The Labute approximate surface area is 118 Å². The molecule has 2 aliphatic heterocycles. The molecule has 0 spiro atoms. The molecule has 0 radical (unpaired) electrons. The lowest BCUT2D eigenvalue weighted by Crippen LogP contribution is -2.38. The summed E-state index contributed by atoms with van der Waals surface area (Å²) in [6.07, 6.45) is 5.60. The van der Waals surface area contributed by atoms with Crippen molar-refractivity contribution in [2.75, 3.05) is 13.2 Å². The lowest BCUT2D eigenvalue weighted by atomic mass is 10.1. The Bertz CT molecular complexity index is 571. The minimum Gasteiger partial charge on any atom is -0.376 e. The number of nitrogens with zero attached hydrogens (tertiary/aromatic N) is 2. The monoisotopic (exact) mass is 275 g/mol. The van der Waals surface area contributed by atoms with Crippen LogP contribution in [-0.4, -0.2) is 28.8 Å². The highest BCUT2D eigenvalue weighted by molar-refractivity contribution is 5.24. The quantitative estimate of drug-likeness (QED) is 0.892. The van der Waals surface area contributed by atoms with E-state index in [4.69, 9.17) is 9.72 Å². The van der Waals surface area contributed by atoms with E-state index in [0.29, 0.717) is 19.0 Å². The van der Waals surface area contributed by atoms with Crippen LogP contribution < -0.4 is 10.9 Å². The Balaban J connectivity index is 1.75. The average Bonchev–Trinajstić information content (AvgIpc) is 3.19. The molecule has 0 amide bonds. The second-order valence-electron chi connectivity index (χ2n) is 6.15. The van der Waals surface area contributed by atoms with E-state index in [1.165, 1.54) is 12.8 Å². The molecule has 0 aromatic carbocycles. The number of rotatable bonds is 3. The van der Waals surface area contributed by atoms with E-state index in [1.54, 1.807) is 0 Å². The van der Waals surface area contributed by atoms with Gasteiger partial charge >= 0.3 is 0 Å². The predicted molar refractivity (Wildman–Crippen MR) is 74.9 cm³/mol. The number of aromatic nitrogens is 2.